The standard InChI is InChI=1S/C14H19BrF3N3O2/c1-8-6-20(7-9(2)23-8)11(22)4-5-21-10(3)12(15)13(19-21)14(16,17)18/h8-9H,4-7H2,1-3H3/t8-,9-/m0/s1. The van der Waals surface area contributed by atoms with E-state index in [2.05, 4.69) is 21.0 Å². The van der Waals surface area contributed by atoms with Crippen LogP contribution in [0.3, 0.4) is 0 Å². The molecule has 5 nitrogen and oxygen atoms in total. The summed E-state index contributed by atoms with van der Waals surface area (Å²) in [6.07, 6.45) is -4.50. The largest absolute Gasteiger partial charge is 0.436 e. The Kier molecular flexibility index (Phi) is 5.40. The summed E-state index contributed by atoms with van der Waals surface area (Å²) in [5.74, 6) is -0.105. The Hall–Kier alpha value is -1.09. The Morgan fingerprint density at radius 2 is 1.91 bits per heavy atom. The summed E-state index contributed by atoms with van der Waals surface area (Å²) < 4.78 is 45.2. The second-order valence-electron chi connectivity index (χ2n) is 5.77. The number of aryl methyl sites for hydroxylation is 1. The molecule has 1 aliphatic rings. The first-order chi connectivity index (χ1) is 10.6. The van der Waals surface area contributed by atoms with E-state index >= 15 is 0 Å². The van der Waals surface area contributed by atoms with Crippen LogP contribution in [0, 0.1) is 6.92 Å². The molecule has 0 bridgehead atoms. The zero-order valence-corrected chi connectivity index (χ0v) is 14.7. The minimum absolute atomic E-state index is 0.0416. The number of alkyl halides is 3. The van der Waals surface area contributed by atoms with Crippen molar-refractivity contribution in [3.8, 4) is 0 Å². The number of rotatable bonds is 3. The summed E-state index contributed by atoms with van der Waals surface area (Å²) in [4.78, 5) is 13.9. The van der Waals surface area contributed by atoms with Gasteiger partial charge in [-0.1, -0.05) is 0 Å². The van der Waals surface area contributed by atoms with E-state index in [-0.39, 0.29) is 35.6 Å². The molecule has 0 N–H and O–H groups in total. The van der Waals surface area contributed by atoms with Gasteiger partial charge in [-0.3, -0.25) is 9.48 Å². The molecule has 1 aliphatic heterocycles. The summed E-state index contributed by atoms with van der Waals surface area (Å²) in [6, 6.07) is 0. The van der Waals surface area contributed by atoms with Crippen molar-refractivity contribution in [3.63, 3.8) is 0 Å². The van der Waals surface area contributed by atoms with Crippen molar-refractivity contribution in [2.24, 2.45) is 0 Å². The van der Waals surface area contributed by atoms with Gasteiger partial charge in [-0.25, -0.2) is 0 Å². The lowest BCUT2D eigenvalue weighted by Crippen LogP contribution is -2.48. The van der Waals surface area contributed by atoms with Crippen LogP contribution in [-0.4, -0.2) is 45.9 Å². The zero-order chi connectivity index (χ0) is 17.4. The number of ether oxygens (including phenoxy) is 1. The summed E-state index contributed by atoms with van der Waals surface area (Å²) in [5, 5.41) is 3.58. The molecule has 2 heterocycles. The highest BCUT2D eigenvalue weighted by Crippen LogP contribution is 2.35. The molecule has 0 aromatic carbocycles. The van der Waals surface area contributed by atoms with Gasteiger partial charge in [0, 0.05) is 19.5 Å². The van der Waals surface area contributed by atoms with Crippen molar-refractivity contribution < 1.29 is 22.7 Å². The normalized spacial score (nSPS) is 22.5. The molecule has 1 amide bonds. The van der Waals surface area contributed by atoms with Crippen LogP contribution in [0.4, 0.5) is 13.2 Å². The number of nitrogens with zero attached hydrogens (tertiary/aromatic N) is 3. The predicted octanol–water partition coefficient (Wildman–Crippen LogP) is 3.00. The topological polar surface area (TPSA) is 47.4 Å². The molecule has 130 valence electrons. The lowest BCUT2D eigenvalue weighted by Gasteiger charge is -2.35. The summed E-state index contributed by atoms with van der Waals surface area (Å²) in [5.41, 5.74) is -0.607. The molecule has 1 aromatic rings. The molecule has 23 heavy (non-hydrogen) atoms. The fourth-order valence-corrected chi connectivity index (χ4v) is 3.17. The fourth-order valence-electron chi connectivity index (χ4n) is 2.66. The maximum Gasteiger partial charge on any atom is 0.436 e. The van der Waals surface area contributed by atoms with Crippen LogP contribution in [0.2, 0.25) is 0 Å². The third kappa shape index (κ3) is 4.26. The van der Waals surface area contributed by atoms with Crippen LogP contribution in [0.15, 0.2) is 4.47 Å². The van der Waals surface area contributed by atoms with Gasteiger partial charge >= 0.3 is 6.18 Å². The molecule has 9 heteroatoms. The smallest absolute Gasteiger partial charge is 0.372 e. The number of hydrogen-bond donors (Lipinski definition) is 0. The van der Waals surface area contributed by atoms with Crippen LogP contribution < -0.4 is 0 Å². The highest BCUT2D eigenvalue weighted by Gasteiger charge is 2.38. The van der Waals surface area contributed by atoms with Crippen molar-refractivity contribution >= 4 is 21.8 Å². The molecule has 0 radical (unpaired) electrons. The summed E-state index contributed by atoms with van der Waals surface area (Å²) >= 11 is 2.92. The average Bonchev–Trinajstić information content (AvgIpc) is 2.71. The van der Waals surface area contributed by atoms with Gasteiger partial charge in [0.15, 0.2) is 5.69 Å². The number of morpholine rings is 1. The minimum Gasteiger partial charge on any atom is -0.372 e. The van der Waals surface area contributed by atoms with Gasteiger partial charge in [-0.15, -0.1) is 0 Å². The molecule has 0 aliphatic carbocycles. The van der Waals surface area contributed by atoms with E-state index in [4.69, 9.17) is 4.74 Å². The van der Waals surface area contributed by atoms with E-state index in [1.54, 1.807) is 4.90 Å². The molecule has 1 saturated heterocycles. The van der Waals surface area contributed by atoms with Crippen LogP contribution in [0.1, 0.15) is 31.7 Å². The number of hydrogen-bond acceptors (Lipinski definition) is 3. The highest BCUT2D eigenvalue weighted by atomic mass is 79.9. The first-order valence-electron chi connectivity index (χ1n) is 7.33. The lowest BCUT2D eigenvalue weighted by molar-refractivity contribution is -0.143. The van der Waals surface area contributed by atoms with E-state index in [0.717, 1.165) is 0 Å². The molecule has 0 spiro atoms. The maximum absolute atomic E-state index is 12.8. The van der Waals surface area contributed by atoms with E-state index in [1.165, 1.54) is 11.6 Å². The average molecular weight is 398 g/mol. The van der Waals surface area contributed by atoms with Gasteiger partial charge < -0.3 is 9.64 Å². The Labute approximate surface area is 140 Å². The van der Waals surface area contributed by atoms with Crippen molar-refractivity contribution in [2.45, 2.75) is 52.1 Å². The Balaban J connectivity index is 2.02. The monoisotopic (exact) mass is 397 g/mol. The lowest BCUT2D eigenvalue weighted by atomic mass is 10.2. The summed E-state index contributed by atoms with van der Waals surface area (Å²) in [7, 11) is 0. The molecule has 0 saturated carbocycles. The zero-order valence-electron chi connectivity index (χ0n) is 13.2. The van der Waals surface area contributed by atoms with Crippen molar-refractivity contribution in [1.82, 2.24) is 14.7 Å². The van der Waals surface area contributed by atoms with E-state index in [0.29, 0.717) is 18.8 Å². The van der Waals surface area contributed by atoms with Crippen molar-refractivity contribution in [3.05, 3.63) is 15.9 Å². The Morgan fingerprint density at radius 1 is 1.35 bits per heavy atom. The van der Waals surface area contributed by atoms with E-state index < -0.39 is 11.9 Å². The number of carbonyl (C=O) groups excluding carboxylic acids is 1. The third-order valence-corrected chi connectivity index (χ3v) is 4.66. The van der Waals surface area contributed by atoms with E-state index in [1.807, 2.05) is 13.8 Å². The number of halogens is 4. The Bertz CT molecular complexity index is 579. The van der Waals surface area contributed by atoms with Crippen LogP contribution in [0.5, 0.6) is 0 Å². The van der Waals surface area contributed by atoms with Crippen molar-refractivity contribution in [2.75, 3.05) is 13.1 Å². The quantitative estimate of drug-likeness (QED) is 0.787. The first-order valence-corrected chi connectivity index (χ1v) is 8.12. The van der Waals surface area contributed by atoms with Gasteiger partial charge in [0.25, 0.3) is 0 Å². The van der Waals surface area contributed by atoms with Gasteiger partial charge in [0.05, 0.1) is 28.9 Å². The molecule has 1 fully saturated rings. The van der Waals surface area contributed by atoms with Crippen LogP contribution in [-0.2, 0) is 22.3 Å². The molecular weight excluding hydrogens is 379 g/mol. The molecule has 2 atom stereocenters. The number of aromatic nitrogens is 2. The second-order valence-corrected chi connectivity index (χ2v) is 6.57. The summed E-state index contributed by atoms with van der Waals surface area (Å²) in [6.45, 7) is 6.42. The number of carbonyl (C=O) groups is 1. The van der Waals surface area contributed by atoms with Crippen LogP contribution >= 0.6 is 15.9 Å². The first kappa shape index (κ1) is 18.3. The van der Waals surface area contributed by atoms with Crippen molar-refractivity contribution in [1.29, 1.82) is 0 Å². The van der Waals surface area contributed by atoms with E-state index in [9.17, 15) is 18.0 Å². The minimum atomic E-state index is -4.52. The number of amides is 1. The van der Waals surface area contributed by atoms with Gasteiger partial charge in [0.1, 0.15) is 0 Å². The third-order valence-electron chi connectivity index (χ3n) is 3.71. The van der Waals surface area contributed by atoms with Crippen LogP contribution in [0.25, 0.3) is 0 Å². The van der Waals surface area contributed by atoms with Gasteiger partial charge in [-0.05, 0) is 36.7 Å². The van der Waals surface area contributed by atoms with Gasteiger partial charge in [0.2, 0.25) is 5.91 Å². The predicted molar refractivity (Wildman–Crippen MR) is 80.9 cm³/mol. The molecule has 1 aromatic heterocycles. The SMILES string of the molecule is Cc1c(Br)c(C(F)(F)F)nn1CCC(=O)N1C[C@H](C)O[C@@H](C)C1. The van der Waals surface area contributed by atoms with Gasteiger partial charge in [-0.2, -0.15) is 18.3 Å². The second kappa shape index (κ2) is 6.80. The Morgan fingerprint density at radius 3 is 2.39 bits per heavy atom. The molecule has 2 rings (SSSR count). The maximum atomic E-state index is 12.8. The fraction of sp³-hybridized carbons (Fsp3) is 0.714. The molecular formula is C14H19BrF3N3O2. The highest BCUT2D eigenvalue weighted by molar-refractivity contribution is 9.10. The molecule has 0 unspecified atom stereocenters.